The normalized spacial score (nSPS) is 18.6. The van der Waals surface area contributed by atoms with E-state index in [-0.39, 0.29) is 11.6 Å². The second kappa shape index (κ2) is 7.59. The zero-order valence-corrected chi connectivity index (χ0v) is 17.2. The summed E-state index contributed by atoms with van der Waals surface area (Å²) < 4.78 is 2.28. The number of likely N-dealkylation sites (tertiary alicyclic amines) is 1. The van der Waals surface area contributed by atoms with Crippen molar-refractivity contribution in [2.45, 2.75) is 45.7 Å². The van der Waals surface area contributed by atoms with Crippen LogP contribution in [0.15, 0.2) is 36.7 Å². The number of amides is 2. The van der Waals surface area contributed by atoms with Crippen LogP contribution in [0.5, 0.6) is 0 Å². The number of rotatable bonds is 3. The molecule has 1 spiro atoms. The van der Waals surface area contributed by atoms with E-state index in [1.165, 1.54) is 11.3 Å². The number of hydrogen-bond acceptors (Lipinski definition) is 3. The van der Waals surface area contributed by atoms with Gasteiger partial charge in [0.2, 0.25) is 0 Å². The number of para-hydroxylation sites is 1. The van der Waals surface area contributed by atoms with E-state index in [1.807, 2.05) is 18.0 Å². The van der Waals surface area contributed by atoms with Gasteiger partial charge in [0.25, 0.3) is 0 Å². The summed E-state index contributed by atoms with van der Waals surface area (Å²) in [6, 6.07) is 8.70. The minimum atomic E-state index is -0.143. The summed E-state index contributed by atoms with van der Waals surface area (Å²) in [5.74, 6) is 1.68. The van der Waals surface area contributed by atoms with Gasteiger partial charge in [0.15, 0.2) is 0 Å². The average Bonchev–Trinajstić information content (AvgIpc) is 3.15. The highest BCUT2D eigenvalue weighted by Gasteiger charge is 2.47. The predicted octanol–water partition coefficient (Wildman–Crippen LogP) is 3.36. The molecule has 1 fully saturated rings. The van der Waals surface area contributed by atoms with E-state index in [1.54, 1.807) is 0 Å². The standard InChI is InChI=1S/C22H31N5O/c1-4-23-21(28)25-12-9-22(10-13-25)20-24-11-14-27(20)19-8-6-5-7-18(19)16-26(22)15-17(2)3/h5-8,11,14,17H,4,9-10,12-13,15-16H2,1-3H3,(H,23,28). The van der Waals surface area contributed by atoms with E-state index in [9.17, 15) is 4.79 Å². The maximum absolute atomic E-state index is 12.4. The first-order valence-electron chi connectivity index (χ1n) is 10.4. The quantitative estimate of drug-likeness (QED) is 0.887. The van der Waals surface area contributed by atoms with Crippen LogP contribution in [0.1, 0.15) is 45.0 Å². The molecule has 0 unspecified atom stereocenters. The number of carbonyl (C=O) groups excluding carboxylic acids is 1. The van der Waals surface area contributed by atoms with Crippen molar-refractivity contribution in [2.24, 2.45) is 5.92 Å². The van der Waals surface area contributed by atoms with Gasteiger partial charge in [-0.05, 0) is 37.3 Å². The molecule has 1 N–H and O–H groups in total. The monoisotopic (exact) mass is 381 g/mol. The van der Waals surface area contributed by atoms with Gasteiger partial charge in [0.1, 0.15) is 5.82 Å². The minimum absolute atomic E-state index is 0.0491. The summed E-state index contributed by atoms with van der Waals surface area (Å²) in [6.45, 7) is 10.6. The summed E-state index contributed by atoms with van der Waals surface area (Å²) in [5, 5.41) is 2.94. The zero-order valence-electron chi connectivity index (χ0n) is 17.2. The number of nitrogens with one attached hydrogen (secondary N) is 1. The number of benzene rings is 1. The van der Waals surface area contributed by atoms with Crippen LogP contribution in [-0.4, -0.2) is 51.6 Å². The van der Waals surface area contributed by atoms with Crippen LogP contribution in [-0.2, 0) is 12.1 Å². The molecule has 6 heteroatoms. The molecule has 28 heavy (non-hydrogen) atoms. The first-order chi connectivity index (χ1) is 13.5. The Morgan fingerprint density at radius 2 is 2.00 bits per heavy atom. The SMILES string of the molecule is CCNC(=O)N1CCC2(CC1)c1nccn1-c1ccccc1CN2CC(C)C. The second-order valence-electron chi connectivity index (χ2n) is 8.38. The molecular weight excluding hydrogens is 350 g/mol. The number of hydrogen-bond donors (Lipinski definition) is 1. The Morgan fingerprint density at radius 1 is 1.25 bits per heavy atom. The van der Waals surface area contributed by atoms with Gasteiger partial charge in [-0.25, -0.2) is 9.78 Å². The molecule has 150 valence electrons. The topological polar surface area (TPSA) is 53.4 Å². The van der Waals surface area contributed by atoms with Crippen LogP contribution in [0.3, 0.4) is 0 Å². The van der Waals surface area contributed by atoms with Gasteiger partial charge in [0.05, 0.1) is 11.2 Å². The van der Waals surface area contributed by atoms with Crippen molar-refractivity contribution in [3.63, 3.8) is 0 Å². The number of piperidine rings is 1. The number of aromatic nitrogens is 2. The number of carbonyl (C=O) groups is 1. The Hall–Kier alpha value is -2.34. The molecule has 1 saturated heterocycles. The molecule has 2 aromatic rings. The molecule has 0 radical (unpaired) electrons. The Balaban J connectivity index is 1.74. The van der Waals surface area contributed by atoms with Crippen molar-refractivity contribution < 1.29 is 4.79 Å². The van der Waals surface area contributed by atoms with Gasteiger partial charge in [-0.2, -0.15) is 0 Å². The van der Waals surface area contributed by atoms with Crippen LogP contribution in [0.4, 0.5) is 4.79 Å². The third-order valence-electron chi connectivity index (χ3n) is 6.07. The third-order valence-corrected chi connectivity index (χ3v) is 6.07. The fraction of sp³-hybridized carbons (Fsp3) is 0.545. The molecule has 1 aromatic carbocycles. The molecule has 0 saturated carbocycles. The molecule has 0 atom stereocenters. The lowest BCUT2D eigenvalue weighted by atomic mass is 9.84. The molecule has 0 bridgehead atoms. The van der Waals surface area contributed by atoms with Crippen molar-refractivity contribution in [1.82, 2.24) is 24.7 Å². The lowest BCUT2D eigenvalue weighted by Crippen LogP contribution is -2.56. The predicted molar refractivity (Wildman–Crippen MR) is 110 cm³/mol. The maximum atomic E-state index is 12.4. The largest absolute Gasteiger partial charge is 0.338 e. The van der Waals surface area contributed by atoms with Crippen LogP contribution in [0, 0.1) is 5.92 Å². The second-order valence-corrected chi connectivity index (χ2v) is 8.38. The molecule has 2 aliphatic heterocycles. The van der Waals surface area contributed by atoms with Crippen LogP contribution >= 0.6 is 0 Å². The lowest BCUT2D eigenvalue weighted by molar-refractivity contribution is 0.00727. The van der Waals surface area contributed by atoms with Crippen molar-refractivity contribution in [1.29, 1.82) is 0 Å². The van der Waals surface area contributed by atoms with Gasteiger partial charge in [0, 0.05) is 45.1 Å². The first kappa shape index (κ1) is 19.0. The highest BCUT2D eigenvalue weighted by atomic mass is 16.2. The number of imidazole rings is 1. The first-order valence-corrected chi connectivity index (χ1v) is 10.4. The Morgan fingerprint density at radius 3 is 2.71 bits per heavy atom. The molecule has 0 aliphatic carbocycles. The summed E-state index contributed by atoms with van der Waals surface area (Å²) in [5.41, 5.74) is 2.42. The van der Waals surface area contributed by atoms with Gasteiger partial charge < -0.3 is 14.8 Å². The van der Waals surface area contributed by atoms with Gasteiger partial charge in [-0.15, -0.1) is 0 Å². The molecule has 4 rings (SSSR count). The van der Waals surface area contributed by atoms with E-state index < -0.39 is 0 Å². The zero-order chi connectivity index (χ0) is 19.7. The highest BCUT2D eigenvalue weighted by molar-refractivity contribution is 5.74. The molecule has 2 amide bonds. The smallest absolute Gasteiger partial charge is 0.317 e. The van der Waals surface area contributed by atoms with Crippen LogP contribution in [0.25, 0.3) is 5.69 Å². The van der Waals surface area contributed by atoms with Gasteiger partial charge in [-0.3, -0.25) is 4.90 Å². The average molecular weight is 382 g/mol. The van der Waals surface area contributed by atoms with E-state index in [2.05, 4.69) is 59.1 Å². The number of urea groups is 1. The van der Waals surface area contributed by atoms with E-state index in [0.29, 0.717) is 12.5 Å². The number of fused-ring (bicyclic) bond motifs is 4. The van der Waals surface area contributed by atoms with Crippen molar-refractivity contribution in [3.8, 4) is 5.69 Å². The molecule has 2 aliphatic rings. The molecule has 1 aromatic heterocycles. The van der Waals surface area contributed by atoms with Crippen molar-refractivity contribution in [2.75, 3.05) is 26.2 Å². The summed E-state index contributed by atoms with van der Waals surface area (Å²) in [7, 11) is 0. The molecule has 6 nitrogen and oxygen atoms in total. The Labute approximate surface area is 167 Å². The lowest BCUT2D eigenvalue weighted by Gasteiger charge is -2.48. The van der Waals surface area contributed by atoms with Crippen molar-refractivity contribution >= 4 is 6.03 Å². The fourth-order valence-electron chi connectivity index (χ4n) is 4.78. The van der Waals surface area contributed by atoms with E-state index in [0.717, 1.165) is 44.8 Å². The number of nitrogens with zero attached hydrogens (tertiary/aromatic N) is 4. The minimum Gasteiger partial charge on any atom is -0.338 e. The fourth-order valence-corrected chi connectivity index (χ4v) is 4.78. The maximum Gasteiger partial charge on any atom is 0.317 e. The molecule has 3 heterocycles. The Kier molecular flexibility index (Phi) is 5.15. The van der Waals surface area contributed by atoms with Crippen molar-refractivity contribution in [3.05, 3.63) is 48.0 Å². The third kappa shape index (κ3) is 3.20. The highest BCUT2D eigenvalue weighted by Crippen LogP contribution is 2.43. The van der Waals surface area contributed by atoms with Crippen LogP contribution in [0.2, 0.25) is 0 Å². The van der Waals surface area contributed by atoms with E-state index in [4.69, 9.17) is 4.98 Å². The van der Waals surface area contributed by atoms with Crippen LogP contribution < -0.4 is 5.32 Å². The Bertz CT molecular complexity index is 835. The summed E-state index contributed by atoms with van der Waals surface area (Å²) in [4.78, 5) is 21.8. The van der Waals surface area contributed by atoms with E-state index >= 15 is 0 Å². The molecular formula is C22H31N5O. The summed E-state index contributed by atoms with van der Waals surface area (Å²) in [6.07, 6.45) is 5.82. The summed E-state index contributed by atoms with van der Waals surface area (Å²) >= 11 is 0. The van der Waals surface area contributed by atoms with Gasteiger partial charge >= 0.3 is 6.03 Å². The van der Waals surface area contributed by atoms with Gasteiger partial charge in [-0.1, -0.05) is 32.0 Å².